The normalized spacial score (nSPS) is 27.1. The van der Waals surface area contributed by atoms with Crippen molar-refractivity contribution in [3.8, 4) is 0 Å². The first kappa shape index (κ1) is 11.6. The van der Waals surface area contributed by atoms with Crippen LogP contribution in [0.5, 0.6) is 0 Å². The van der Waals surface area contributed by atoms with E-state index in [0.29, 0.717) is 12.1 Å². The van der Waals surface area contributed by atoms with E-state index in [-0.39, 0.29) is 0 Å². The Kier molecular flexibility index (Phi) is 3.97. The molecule has 1 aromatic carbocycles. The van der Waals surface area contributed by atoms with Gasteiger partial charge < -0.3 is 10.1 Å². The lowest BCUT2D eigenvalue weighted by Gasteiger charge is -2.37. The molecule has 1 aliphatic heterocycles. The summed E-state index contributed by atoms with van der Waals surface area (Å²) in [6.07, 6.45) is 2.70. The number of aryl methyl sites for hydroxylation is 1. The lowest BCUT2D eigenvalue weighted by atomic mass is 9.85. The van der Waals surface area contributed by atoms with E-state index in [9.17, 15) is 0 Å². The summed E-state index contributed by atoms with van der Waals surface area (Å²) in [4.78, 5) is 0. The molecule has 0 saturated carbocycles. The van der Waals surface area contributed by atoms with Gasteiger partial charge in [0.05, 0.1) is 12.7 Å². The van der Waals surface area contributed by atoms with Crippen LogP contribution in [0, 0.1) is 0 Å². The minimum atomic E-state index is 0.300. The van der Waals surface area contributed by atoms with E-state index in [1.54, 1.807) is 0 Å². The fraction of sp³-hybridized carbons (Fsp3) is 0.571. The van der Waals surface area contributed by atoms with Gasteiger partial charge in [-0.25, -0.2) is 0 Å². The van der Waals surface area contributed by atoms with Gasteiger partial charge in [0.25, 0.3) is 0 Å². The van der Waals surface area contributed by atoms with Crippen LogP contribution in [0.1, 0.15) is 37.5 Å². The van der Waals surface area contributed by atoms with Crippen molar-refractivity contribution >= 4 is 0 Å². The molecule has 2 unspecified atom stereocenters. The Labute approximate surface area is 98.0 Å². The van der Waals surface area contributed by atoms with Crippen molar-refractivity contribution < 1.29 is 4.74 Å². The first-order valence-corrected chi connectivity index (χ1v) is 6.38. The van der Waals surface area contributed by atoms with Crippen LogP contribution in [0.2, 0.25) is 0 Å². The average Bonchev–Trinajstić information content (AvgIpc) is 2.41. The van der Waals surface area contributed by atoms with Gasteiger partial charge in [-0.05, 0) is 24.0 Å². The Morgan fingerprint density at radius 1 is 1.25 bits per heavy atom. The van der Waals surface area contributed by atoms with Crippen LogP contribution in [0.15, 0.2) is 24.3 Å². The third-order valence-corrected chi connectivity index (χ3v) is 3.26. The van der Waals surface area contributed by atoms with Gasteiger partial charge in [-0.3, -0.25) is 0 Å². The van der Waals surface area contributed by atoms with Crippen LogP contribution in [-0.2, 0) is 11.2 Å². The molecule has 1 aliphatic carbocycles. The predicted molar refractivity (Wildman–Crippen MR) is 66.6 cm³/mol. The van der Waals surface area contributed by atoms with Crippen LogP contribution in [-0.4, -0.2) is 19.2 Å². The first-order chi connectivity index (χ1) is 7.95. The molecule has 88 valence electrons. The molecule has 1 fully saturated rings. The highest BCUT2D eigenvalue weighted by atomic mass is 16.5. The molecule has 16 heavy (non-hydrogen) atoms. The molecule has 0 aromatic heterocycles. The van der Waals surface area contributed by atoms with Gasteiger partial charge in [0, 0.05) is 12.6 Å². The van der Waals surface area contributed by atoms with Crippen LogP contribution in [0.25, 0.3) is 0 Å². The van der Waals surface area contributed by atoms with Crippen molar-refractivity contribution in [3.63, 3.8) is 0 Å². The largest absolute Gasteiger partial charge is 0.371 e. The maximum atomic E-state index is 5.85. The molecular formula is C14H21NO. The van der Waals surface area contributed by atoms with Gasteiger partial charge in [-0.15, -0.1) is 0 Å². The molecule has 2 aliphatic rings. The second kappa shape index (κ2) is 5.46. The maximum absolute atomic E-state index is 5.85. The molecular weight excluding hydrogens is 198 g/mol. The average molecular weight is 219 g/mol. The molecule has 3 rings (SSSR count). The van der Waals surface area contributed by atoms with Crippen LogP contribution < -0.4 is 5.32 Å². The van der Waals surface area contributed by atoms with Crippen molar-refractivity contribution in [3.05, 3.63) is 35.4 Å². The number of nitrogens with one attached hydrogen (secondary N) is 1. The van der Waals surface area contributed by atoms with Gasteiger partial charge in [0.1, 0.15) is 0 Å². The Hall–Kier alpha value is -0.860. The third kappa shape index (κ3) is 2.13. The summed E-state index contributed by atoms with van der Waals surface area (Å²) in [6.45, 7) is 5.85. The Bertz CT molecular complexity index is 337. The first-order valence-electron chi connectivity index (χ1n) is 6.38. The van der Waals surface area contributed by atoms with Crippen LogP contribution in [0.4, 0.5) is 0 Å². The van der Waals surface area contributed by atoms with Gasteiger partial charge in [-0.1, -0.05) is 38.1 Å². The SMILES string of the molecule is CC.c1ccc2c(c1)CCC1NCCOC21. The molecule has 0 amide bonds. The zero-order chi connectivity index (χ0) is 11.4. The highest BCUT2D eigenvalue weighted by Crippen LogP contribution is 2.33. The number of ether oxygens (including phenoxy) is 1. The Balaban J connectivity index is 0.000000457. The van der Waals surface area contributed by atoms with Crippen molar-refractivity contribution in [2.45, 2.75) is 38.8 Å². The van der Waals surface area contributed by atoms with Crippen LogP contribution in [0.3, 0.4) is 0 Å². The number of hydrogen-bond acceptors (Lipinski definition) is 2. The van der Waals surface area contributed by atoms with Crippen molar-refractivity contribution in [2.24, 2.45) is 0 Å². The fourth-order valence-corrected chi connectivity index (χ4v) is 2.56. The summed E-state index contributed by atoms with van der Waals surface area (Å²) in [5, 5.41) is 3.54. The number of benzene rings is 1. The molecule has 0 radical (unpaired) electrons. The molecule has 0 bridgehead atoms. The van der Waals surface area contributed by atoms with Crippen LogP contribution >= 0.6 is 0 Å². The second-order valence-electron chi connectivity index (χ2n) is 4.09. The molecule has 2 atom stereocenters. The highest BCUT2D eigenvalue weighted by Gasteiger charge is 2.31. The van der Waals surface area contributed by atoms with Crippen molar-refractivity contribution in [1.82, 2.24) is 5.32 Å². The van der Waals surface area contributed by atoms with E-state index in [4.69, 9.17) is 4.74 Å². The maximum Gasteiger partial charge on any atom is 0.0981 e. The molecule has 2 heteroatoms. The molecule has 1 N–H and O–H groups in total. The van der Waals surface area contributed by atoms with E-state index in [1.807, 2.05) is 13.8 Å². The molecule has 1 saturated heterocycles. The van der Waals surface area contributed by atoms with E-state index in [2.05, 4.69) is 29.6 Å². The Morgan fingerprint density at radius 2 is 2.06 bits per heavy atom. The number of hydrogen-bond donors (Lipinski definition) is 1. The fourth-order valence-electron chi connectivity index (χ4n) is 2.56. The van der Waals surface area contributed by atoms with E-state index >= 15 is 0 Å². The topological polar surface area (TPSA) is 21.3 Å². The summed E-state index contributed by atoms with van der Waals surface area (Å²) < 4.78 is 5.85. The summed E-state index contributed by atoms with van der Waals surface area (Å²) in [5.41, 5.74) is 2.87. The number of rotatable bonds is 0. The lowest BCUT2D eigenvalue weighted by molar-refractivity contribution is -0.0127. The minimum absolute atomic E-state index is 0.300. The van der Waals surface area contributed by atoms with Gasteiger partial charge in [0.15, 0.2) is 0 Å². The van der Waals surface area contributed by atoms with Crippen molar-refractivity contribution in [2.75, 3.05) is 13.2 Å². The molecule has 0 spiro atoms. The van der Waals surface area contributed by atoms with Gasteiger partial charge >= 0.3 is 0 Å². The summed E-state index contributed by atoms with van der Waals surface area (Å²) >= 11 is 0. The second-order valence-corrected chi connectivity index (χ2v) is 4.09. The summed E-state index contributed by atoms with van der Waals surface area (Å²) in [7, 11) is 0. The van der Waals surface area contributed by atoms with Gasteiger partial charge in [-0.2, -0.15) is 0 Å². The summed E-state index contributed by atoms with van der Waals surface area (Å²) in [5.74, 6) is 0. The molecule has 2 nitrogen and oxygen atoms in total. The van der Waals surface area contributed by atoms with Crippen molar-refractivity contribution in [1.29, 1.82) is 0 Å². The Morgan fingerprint density at radius 3 is 2.94 bits per heavy atom. The monoisotopic (exact) mass is 219 g/mol. The highest BCUT2D eigenvalue weighted by molar-refractivity contribution is 5.33. The summed E-state index contributed by atoms with van der Waals surface area (Å²) in [6, 6.07) is 9.20. The quantitative estimate of drug-likeness (QED) is 0.724. The number of morpholine rings is 1. The zero-order valence-electron chi connectivity index (χ0n) is 10.2. The third-order valence-electron chi connectivity index (χ3n) is 3.26. The standard InChI is InChI=1S/C12H15NO.C2H6/c1-2-4-10-9(3-1)5-6-11-12(10)14-8-7-13-11;1-2/h1-4,11-13H,5-8H2;1-2H3. The van der Waals surface area contributed by atoms with E-state index in [1.165, 1.54) is 24.0 Å². The molecule has 1 heterocycles. The molecule has 1 aromatic rings. The van der Waals surface area contributed by atoms with E-state index < -0.39 is 0 Å². The smallest absolute Gasteiger partial charge is 0.0981 e. The predicted octanol–water partition coefficient (Wildman–Crippen LogP) is 2.69. The number of fused-ring (bicyclic) bond motifs is 3. The lowest BCUT2D eigenvalue weighted by Crippen LogP contribution is -2.45. The minimum Gasteiger partial charge on any atom is -0.371 e. The zero-order valence-corrected chi connectivity index (χ0v) is 10.2. The van der Waals surface area contributed by atoms with Gasteiger partial charge in [0.2, 0.25) is 0 Å². The van der Waals surface area contributed by atoms with E-state index in [0.717, 1.165) is 13.2 Å².